The van der Waals surface area contributed by atoms with E-state index in [1.165, 1.54) is 19.3 Å². The molecule has 0 saturated heterocycles. The number of fused-ring (bicyclic) bond motifs is 1. The van der Waals surface area contributed by atoms with E-state index in [4.69, 9.17) is 5.11 Å². The van der Waals surface area contributed by atoms with Crippen molar-refractivity contribution in [3.05, 3.63) is 36.0 Å². The van der Waals surface area contributed by atoms with Gasteiger partial charge in [-0.25, -0.2) is 0 Å². The number of rotatable bonds is 7. The Hall–Kier alpha value is -2.83. The summed E-state index contributed by atoms with van der Waals surface area (Å²) >= 11 is 0. The van der Waals surface area contributed by atoms with Gasteiger partial charge in [0.2, 0.25) is 11.8 Å². The maximum atomic E-state index is 13.5. The molecule has 4 bridgehead atoms. The van der Waals surface area contributed by atoms with E-state index in [-0.39, 0.29) is 11.3 Å². The molecule has 4 N–H and O–H groups in total. The Balaban J connectivity index is 1.37. The van der Waals surface area contributed by atoms with E-state index < -0.39 is 24.5 Å². The fraction of sp³-hybridized carbons (Fsp3) is 0.542. The van der Waals surface area contributed by atoms with Crippen molar-refractivity contribution >= 4 is 28.7 Å². The van der Waals surface area contributed by atoms with Gasteiger partial charge in [0.1, 0.15) is 12.6 Å². The highest BCUT2D eigenvalue weighted by molar-refractivity contribution is 5.92. The lowest BCUT2D eigenvalue weighted by molar-refractivity contribution is -0.148. The fourth-order valence-electron chi connectivity index (χ4n) is 6.72. The molecule has 0 unspecified atom stereocenters. The highest BCUT2D eigenvalue weighted by atomic mass is 16.4. The summed E-state index contributed by atoms with van der Waals surface area (Å²) in [5.74, 6) is 0.305. The second-order valence-electron chi connectivity index (χ2n) is 9.90. The molecular weight excluding hydrogens is 394 g/mol. The number of para-hydroxylation sites is 1. The van der Waals surface area contributed by atoms with E-state index in [1.807, 2.05) is 30.5 Å². The van der Waals surface area contributed by atoms with Crippen LogP contribution < -0.4 is 10.6 Å². The van der Waals surface area contributed by atoms with Crippen molar-refractivity contribution in [3.63, 3.8) is 0 Å². The van der Waals surface area contributed by atoms with Crippen LogP contribution in [0.3, 0.4) is 0 Å². The van der Waals surface area contributed by atoms with Crippen molar-refractivity contribution < 1.29 is 19.5 Å². The Morgan fingerprint density at radius 3 is 2.35 bits per heavy atom. The van der Waals surface area contributed by atoms with Gasteiger partial charge >= 0.3 is 5.97 Å². The number of H-pyrrole nitrogens is 1. The largest absolute Gasteiger partial charge is 0.480 e. The number of carboxylic acid groups (broad SMARTS) is 1. The van der Waals surface area contributed by atoms with Crippen LogP contribution in [0, 0.1) is 23.2 Å². The molecule has 4 aliphatic rings. The zero-order valence-corrected chi connectivity index (χ0v) is 17.5. The topological polar surface area (TPSA) is 111 Å². The monoisotopic (exact) mass is 423 g/mol. The maximum Gasteiger partial charge on any atom is 0.322 e. The summed E-state index contributed by atoms with van der Waals surface area (Å²) in [5, 5.41) is 15.5. The lowest BCUT2D eigenvalue weighted by Gasteiger charge is -2.55. The molecule has 31 heavy (non-hydrogen) atoms. The molecule has 0 spiro atoms. The van der Waals surface area contributed by atoms with E-state index in [2.05, 4.69) is 15.6 Å². The fourth-order valence-corrected chi connectivity index (χ4v) is 6.72. The average Bonchev–Trinajstić information content (AvgIpc) is 3.13. The van der Waals surface area contributed by atoms with Gasteiger partial charge in [-0.2, -0.15) is 0 Å². The zero-order chi connectivity index (χ0) is 21.6. The molecule has 0 aliphatic heterocycles. The number of aromatic amines is 1. The first-order valence-electron chi connectivity index (χ1n) is 11.3. The lowest BCUT2D eigenvalue weighted by atomic mass is 9.49. The van der Waals surface area contributed by atoms with E-state index in [0.717, 1.165) is 35.7 Å². The van der Waals surface area contributed by atoms with Crippen molar-refractivity contribution in [1.82, 2.24) is 15.6 Å². The normalized spacial score (nSPS) is 29.6. The first kappa shape index (κ1) is 20.1. The molecule has 4 saturated carbocycles. The Bertz CT molecular complexity index is 991. The van der Waals surface area contributed by atoms with Crippen LogP contribution in [0.1, 0.15) is 44.1 Å². The number of carbonyl (C=O) groups excluding carboxylic acids is 2. The summed E-state index contributed by atoms with van der Waals surface area (Å²) in [5.41, 5.74) is 1.53. The van der Waals surface area contributed by atoms with E-state index >= 15 is 0 Å². The molecule has 6 rings (SSSR count). The number of carboxylic acids is 1. The summed E-state index contributed by atoms with van der Waals surface area (Å²) in [6, 6.07) is 7.02. The highest BCUT2D eigenvalue weighted by Gasteiger charge is 2.55. The van der Waals surface area contributed by atoms with Gasteiger partial charge in [0.25, 0.3) is 0 Å². The van der Waals surface area contributed by atoms with E-state index in [0.29, 0.717) is 24.2 Å². The Labute approximate surface area is 181 Å². The van der Waals surface area contributed by atoms with Crippen molar-refractivity contribution in [2.24, 2.45) is 23.2 Å². The number of aromatic nitrogens is 1. The summed E-state index contributed by atoms with van der Waals surface area (Å²) in [4.78, 5) is 40.6. The minimum absolute atomic E-state index is 0.0260. The summed E-state index contributed by atoms with van der Waals surface area (Å²) in [6.07, 6.45) is 8.65. The second kappa shape index (κ2) is 7.70. The van der Waals surface area contributed by atoms with Crippen LogP contribution >= 0.6 is 0 Å². The number of carbonyl (C=O) groups is 3. The molecule has 4 aliphatic carbocycles. The third-order valence-electron chi connectivity index (χ3n) is 7.65. The zero-order valence-electron chi connectivity index (χ0n) is 17.5. The number of aliphatic carboxylic acids is 1. The molecule has 2 amide bonds. The predicted molar refractivity (Wildman–Crippen MR) is 115 cm³/mol. The molecular formula is C24H29N3O4. The Morgan fingerprint density at radius 2 is 1.71 bits per heavy atom. The van der Waals surface area contributed by atoms with Gasteiger partial charge in [0.15, 0.2) is 0 Å². The minimum atomic E-state index is -1.10. The van der Waals surface area contributed by atoms with Crippen LogP contribution in [0.25, 0.3) is 10.9 Å². The van der Waals surface area contributed by atoms with Gasteiger partial charge in [-0.1, -0.05) is 18.2 Å². The predicted octanol–water partition coefficient (Wildman–Crippen LogP) is 2.61. The molecule has 1 aromatic heterocycles. The quantitative estimate of drug-likeness (QED) is 0.548. The van der Waals surface area contributed by atoms with Gasteiger partial charge < -0.3 is 20.7 Å². The van der Waals surface area contributed by atoms with Gasteiger partial charge in [-0.15, -0.1) is 0 Å². The smallest absolute Gasteiger partial charge is 0.322 e. The van der Waals surface area contributed by atoms with Crippen molar-refractivity contribution in [2.45, 2.75) is 51.0 Å². The minimum Gasteiger partial charge on any atom is -0.480 e. The van der Waals surface area contributed by atoms with Crippen LogP contribution in [0.15, 0.2) is 30.5 Å². The molecule has 1 atom stereocenters. The standard InChI is InChI=1S/C24H29N3O4/c28-21(29)13-26-22(30)20(8-17-12-25-19-4-2-1-3-18(17)19)27-23(31)24-9-14-5-15(10-24)7-16(6-14)11-24/h1-4,12,14-16,20,25H,5-11,13H2,(H,26,30)(H,27,31)(H,28,29)/t14?,15?,16?,20-,24?/m0/s1. The molecule has 4 fully saturated rings. The van der Waals surface area contributed by atoms with Gasteiger partial charge in [0, 0.05) is 28.9 Å². The summed E-state index contributed by atoms with van der Waals surface area (Å²) < 4.78 is 0. The highest BCUT2D eigenvalue weighted by Crippen LogP contribution is 2.60. The van der Waals surface area contributed by atoms with Gasteiger partial charge in [0.05, 0.1) is 0 Å². The molecule has 164 valence electrons. The SMILES string of the molecule is O=C(O)CNC(=O)[C@H](Cc1c[nH]c2ccccc12)NC(=O)C12CC3CC(CC(C3)C1)C2. The van der Waals surface area contributed by atoms with E-state index in [9.17, 15) is 14.4 Å². The number of benzene rings is 1. The van der Waals surface area contributed by atoms with Crippen LogP contribution in [0.5, 0.6) is 0 Å². The third kappa shape index (κ3) is 3.82. The molecule has 1 aromatic carbocycles. The lowest BCUT2D eigenvalue weighted by Crippen LogP contribution is -2.58. The number of amides is 2. The van der Waals surface area contributed by atoms with Crippen LogP contribution in [0.2, 0.25) is 0 Å². The first-order valence-corrected chi connectivity index (χ1v) is 11.3. The Morgan fingerprint density at radius 1 is 1.06 bits per heavy atom. The Kier molecular flexibility index (Phi) is 4.99. The van der Waals surface area contributed by atoms with Gasteiger partial charge in [-0.05, 0) is 67.9 Å². The van der Waals surface area contributed by atoms with Crippen molar-refractivity contribution in [2.75, 3.05) is 6.54 Å². The maximum absolute atomic E-state index is 13.5. The molecule has 7 nitrogen and oxygen atoms in total. The second-order valence-corrected chi connectivity index (χ2v) is 9.90. The first-order chi connectivity index (χ1) is 14.9. The molecule has 7 heteroatoms. The molecule has 2 aromatic rings. The number of hydrogen-bond donors (Lipinski definition) is 4. The van der Waals surface area contributed by atoms with Crippen molar-refractivity contribution in [3.8, 4) is 0 Å². The molecule has 0 radical (unpaired) electrons. The summed E-state index contributed by atoms with van der Waals surface area (Å²) in [6.45, 7) is -0.462. The summed E-state index contributed by atoms with van der Waals surface area (Å²) in [7, 11) is 0. The third-order valence-corrected chi connectivity index (χ3v) is 7.65. The average molecular weight is 424 g/mol. The molecule has 1 heterocycles. The van der Waals surface area contributed by atoms with Crippen molar-refractivity contribution in [1.29, 1.82) is 0 Å². The van der Waals surface area contributed by atoms with E-state index in [1.54, 1.807) is 0 Å². The van der Waals surface area contributed by atoms with Crippen LogP contribution in [-0.2, 0) is 20.8 Å². The van der Waals surface area contributed by atoms with Crippen LogP contribution in [-0.4, -0.2) is 40.5 Å². The number of hydrogen-bond acceptors (Lipinski definition) is 3. The van der Waals surface area contributed by atoms with Gasteiger partial charge in [-0.3, -0.25) is 14.4 Å². The van der Waals surface area contributed by atoms with Crippen LogP contribution in [0.4, 0.5) is 0 Å². The number of nitrogens with one attached hydrogen (secondary N) is 3.